The summed E-state index contributed by atoms with van der Waals surface area (Å²) < 4.78 is 40.1. The molecule has 1 atom stereocenters. The molecule has 208 valence electrons. The number of benzene rings is 3. The fourth-order valence-corrected chi connectivity index (χ4v) is 4.81. The molecule has 3 aromatic rings. The Bertz CT molecular complexity index is 1320. The van der Waals surface area contributed by atoms with E-state index in [-0.39, 0.29) is 31.3 Å². The first-order valence-corrected chi connectivity index (χ1v) is 14.7. The van der Waals surface area contributed by atoms with Crippen molar-refractivity contribution in [1.29, 1.82) is 0 Å². The van der Waals surface area contributed by atoms with Crippen LogP contribution in [0.2, 0.25) is 0 Å². The van der Waals surface area contributed by atoms with Gasteiger partial charge in [0, 0.05) is 26.1 Å². The van der Waals surface area contributed by atoms with E-state index in [9.17, 15) is 22.4 Å². The Morgan fingerprint density at radius 2 is 1.36 bits per heavy atom. The molecule has 0 spiro atoms. The van der Waals surface area contributed by atoms with Crippen LogP contribution in [0.15, 0.2) is 84.9 Å². The van der Waals surface area contributed by atoms with Gasteiger partial charge in [-0.3, -0.25) is 9.59 Å². The van der Waals surface area contributed by atoms with Crippen LogP contribution in [0.3, 0.4) is 0 Å². The Balaban J connectivity index is 1.98. The maximum atomic E-state index is 13.9. The lowest BCUT2D eigenvalue weighted by Crippen LogP contribution is -2.53. The summed E-state index contributed by atoms with van der Waals surface area (Å²) >= 11 is 0. The van der Waals surface area contributed by atoms with Crippen molar-refractivity contribution in [2.45, 2.75) is 39.4 Å². The van der Waals surface area contributed by atoms with Crippen molar-refractivity contribution in [1.82, 2.24) is 14.5 Å². The second kappa shape index (κ2) is 14.0. The highest BCUT2D eigenvalue weighted by Gasteiger charge is 2.33. The molecule has 0 aliphatic heterocycles. The van der Waals surface area contributed by atoms with Gasteiger partial charge in [-0.05, 0) is 34.7 Å². The Kier molecular flexibility index (Phi) is 10.8. The average Bonchev–Trinajstić information content (AvgIpc) is 2.90. The summed E-state index contributed by atoms with van der Waals surface area (Å²) in [5, 5.41) is 2.93. The van der Waals surface area contributed by atoms with Gasteiger partial charge in [0.2, 0.25) is 21.8 Å². The van der Waals surface area contributed by atoms with E-state index >= 15 is 0 Å². The molecule has 0 saturated carbocycles. The standard InChI is InChI=1S/C30H36FN3O4S/c1-23(2)19-32-30(36)28(18-24-10-6-4-7-11-24)34(21-26-14-16-27(31)17-15-26)29(35)22-33(39(3,37)38)20-25-12-8-5-9-13-25/h4-17,23,28H,18-22H2,1-3H3,(H,32,36). The number of sulfonamides is 1. The Morgan fingerprint density at radius 3 is 1.90 bits per heavy atom. The Labute approximate surface area is 230 Å². The van der Waals surface area contributed by atoms with E-state index in [1.165, 1.54) is 17.0 Å². The summed E-state index contributed by atoms with van der Waals surface area (Å²) in [5.74, 6) is -1.09. The highest BCUT2D eigenvalue weighted by atomic mass is 32.2. The smallest absolute Gasteiger partial charge is 0.243 e. The summed E-state index contributed by atoms with van der Waals surface area (Å²) in [5.41, 5.74) is 2.20. The Hall–Kier alpha value is -3.56. The monoisotopic (exact) mass is 553 g/mol. The minimum absolute atomic E-state index is 0.00858. The van der Waals surface area contributed by atoms with E-state index in [4.69, 9.17) is 0 Å². The van der Waals surface area contributed by atoms with Gasteiger partial charge in [0.1, 0.15) is 11.9 Å². The van der Waals surface area contributed by atoms with Crippen molar-refractivity contribution >= 4 is 21.8 Å². The van der Waals surface area contributed by atoms with Gasteiger partial charge in [0.15, 0.2) is 0 Å². The topological polar surface area (TPSA) is 86.8 Å². The molecule has 0 radical (unpaired) electrons. The maximum Gasteiger partial charge on any atom is 0.243 e. The number of nitrogens with zero attached hydrogens (tertiary/aromatic N) is 2. The molecule has 2 amide bonds. The number of carbonyl (C=O) groups is 2. The summed E-state index contributed by atoms with van der Waals surface area (Å²) in [6.07, 6.45) is 1.29. The van der Waals surface area contributed by atoms with Crippen LogP contribution in [0.1, 0.15) is 30.5 Å². The molecular formula is C30H36FN3O4S. The molecule has 0 heterocycles. The van der Waals surface area contributed by atoms with E-state index in [0.717, 1.165) is 21.7 Å². The van der Waals surface area contributed by atoms with E-state index in [2.05, 4.69) is 5.32 Å². The molecule has 0 aromatic heterocycles. The predicted molar refractivity (Wildman–Crippen MR) is 150 cm³/mol. The molecule has 0 saturated heterocycles. The molecule has 9 heteroatoms. The van der Waals surface area contributed by atoms with Crippen LogP contribution in [-0.2, 0) is 39.1 Å². The van der Waals surface area contributed by atoms with Gasteiger partial charge in [0.25, 0.3) is 0 Å². The number of amides is 2. The average molecular weight is 554 g/mol. The van der Waals surface area contributed by atoms with E-state index in [1.807, 2.05) is 50.2 Å². The minimum atomic E-state index is -3.76. The highest BCUT2D eigenvalue weighted by Crippen LogP contribution is 2.17. The molecular weight excluding hydrogens is 517 g/mol. The van der Waals surface area contributed by atoms with Crippen molar-refractivity contribution < 1.29 is 22.4 Å². The normalized spacial score (nSPS) is 12.4. The fourth-order valence-electron chi connectivity index (χ4n) is 4.08. The molecule has 1 unspecified atom stereocenters. The maximum absolute atomic E-state index is 13.9. The second-order valence-electron chi connectivity index (χ2n) is 10.0. The first-order chi connectivity index (χ1) is 18.5. The summed E-state index contributed by atoms with van der Waals surface area (Å²) in [6, 6.07) is 23.1. The zero-order chi connectivity index (χ0) is 28.4. The summed E-state index contributed by atoms with van der Waals surface area (Å²) in [7, 11) is -3.76. The zero-order valence-corrected chi connectivity index (χ0v) is 23.4. The van der Waals surface area contributed by atoms with E-state index in [1.54, 1.807) is 36.4 Å². The second-order valence-corrected chi connectivity index (χ2v) is 12.0. The van der Waals surface area contributed by atoms with Crippen molar-refractivity contribution in [3.63, 3.8) is 0 Å². The summed E-state index contributed by atoms with van der Waals surface area (Å²) in [6.45, 7) is 3.94. The third-order valence-electron chi connectivity index (χ3n) is 6.20. The number of hydrogen-bond acceptors (Lipinski definition) is 4. The van der Waals surface area contributed by atoms with Gasteiger partial charge in [-0.2, -0.15) is 4.31 Å². The number of hydrogen-bond donors (Lipinski definition) is 1. The SMILES string of the molecule is CC(C)CNC(=O)C(Cc1ccccc1)N(Cc1ccc(F)cc1)C(=O)CN(Cc1ccccc1)S(C)(=O)=O. The number of nitrogens with one attached hydrogen (secondary N) is 1. The lowest BCUT2D eigenvalue weighted by Gasteiger charge is -2.33. The van der Waals surface area contributed by atoms with Crippen molar-refractivity contribution in [3.05, 3.63) is 107 Å². The van der Waals surface area contributed by atoms with Crippen LogP contribution >= 0.6 is 0 Å². The quantitative estimate of drug-likeness (QED) is 0.347. The molecule has 0 aliphatic rings. The van der Waals surface area contributed by atoms with Crippen molar-refractivity contribution in [2.24, 2.45) is 5.92 Å². The molecule has 3 rings (SSSR count). The first-order valence-electron chi connectivity index (χ1n) is 12.9. The first kappa shape index (κ1) is 30.0. The van der Waals surface area contributed by atoms with Crippen molar-refractivity contribution in [3.8, 4) is 0 Å². The summed E-state index contributed by atoms with van der Waals surface area (Å²) in [4.78, 5) is 28.8. The van der Waals surface area contributed by atoms with Crippen LogP contribution in [0.4, 0.5) is 4.39 Å². The van der Waals surface area contributed by atoms with E-state index < -0.39 is 34.3 Å². The predicted octanol–water partition coefficient (Wildman–Crippen LogP) is 4.00. The minimum Gasteiger partial charge on any atom is -0.354 e. The van der Waals surface area contributed by atoms with Crippen LogP contribution in [0.5, 0.6) is 0 Å². The third-order valence-corrected chi connectivity index (χ3v) is 7.40. The van der Waals surface area contributed by atoms with Gasteiger partial charge in [-0.1, -0.05) is 86.6 Å². The largest absolute Gasteiger partial charge is 0.354 e. The van der Waals surface area contributed by atoms with Crippen LogP contribution in [-0.4, -0.2) is 54.8 Å². The molecule has 1 N–H and O–H groups in total. The zero-order valence-electron chi connectivity index (χ0n) is 22.6. The van der Waals surface area contributed by atoms with Crippen LogP contribution in [0.25, 0.3) is 0 Å². The van der Waals surface area contributed by atoms with Gasteiger partial charge in [-0.15, -0.1) is 0 Å². The number of halogens is 1. The number of carbonyl (C=O) groups excluding carboxylic acids is 2. The van der Waals surface area contributed by atoms with Gasteiger partial charge < -0.3 is 10.2 Å². The van der Waals surface area contributed by atoms with E-state index in [0.29, 0.717) is 12.1 Å². The number of rotatable bonds is 13. The highest BCUT2D eigenvalue weighted by molar-refractivity contribution is 7.88. The molecule has 0 bridgehead atoms. The Morgan fingerprint density at radius 1 is 0.821 bits per heavy atom. The third kappa shape index (κ3) is 9.60. The van der Waals surface area contributed by atoms with Gasteiger partial charge >= 0.3 is 0 Å². The fraction of sp³-hybridized carbons (Fsp3) is 0.333. The van der Waals surface area contributed by atoms with Gasteiger partial charge in [-0.25, -0.2) is 12.8 Å². The van der Waals surface area contributed by atoms with Crippen LogP contribution in [0, 0.1) is 11.7 Å². The van der Waals surface area contributed by atoms with Gasteiger partial charge in [0.05, 0.1) is 12.8 Å². The molecule has 0 aliphatic carbocycles. The molecule has 7 nitrogen and oxygen atoms in total. The van der Waals surface area contributed by atoms with Crippen LogP contribution < -0.4 is 5.32 Å². The lowest BCUT2D eigenvalue weighted by molar-refractivity contribution is -0.141. The molecule has 3 aromatic carbocycles. The molecule has 39 heavy (non-hydrogen) atoms. The lowest BCUT2D eigenvalue weighted by atomic mass is 10.0. The van der Waals surface area contributed by atoms with Crippen molar-refractivity contribution in [2.75, 3.05) is 19.3 Å². The molecule has 0 fully saturated rings.